The smallest absolute Gasteiger partial charge is 0.0836 e. The molecule has 0 aromatic heterocycles. The van der Waals surface area contributed by atoms with E-state index in [0.717, 1.165) is 21.9 Å². The first-order valence-electron chi connectivity index (χ1n) is 6.75. The lowest BCUT2D eigenvalue weighted by Gasteiger charge is -2.15. The van der Waals surface area contributed by atoms with Crippen molar-refractivity contribution in [3.63, 3.8) is 0 Å². The molecule has 106 valence electrons. The highest BCUT2D eigenvalue weighted by atomic mass is 35.5. The van der Waals surface area contributed by atoms with Gasteiger partial charge in [-0.3, -0.25) is 0 Å². The zero-order valence-corrected chi connectivity index (χ0v) is 12.8. The Labute approximate surface area is 133 Å². The summed E-state index contributed by atoms with van der Waals surface area (Å²) in [5.41, 5.74) is 1.94. The number of aliphatic hydroxyl groups is 1. The van der Waals surface area contributed by atoms with Crippen LogP contribution in [0.3, 0.4) is 0 Å². The summed E-state index contributed by atoms with van der Waals surface area (Å²) in [6, 6.07) is 19.1. The molecule has 0 aliphatic rings. The quantitative estimate of drug-likeness (QED) is 0.683. The van der Waals surface area contributed by atoms with E-state index < -0.39 is 6.10 Å². The lowest BCUT2D eigenvalue weighted by Crippen LogP contribution is -2.02. The highest BCUT2D eigenvalue weighted by Gasteiger charge is 2.13. The summed E-state index contributed by atoms with van der Waals surface area (Å²) in [5, 5.41) is 13.9. The SMILES string of the molecule is OC(Cc1ccc(Cl)cc1)c1ccc(Cl)c2ccccc12. The van der Waals surface area contributed by atoms with E-state index in [0.29, 0.717) is 16.5 Å². The molecule has 0 heterocycles. The van der Waals surface area contributed by atoms with E-state index in [2.05, 4.69) is 0 Å². The molecule has 21 heavy (non-hydrogen) atoms. The summed E-state index contributed by atoms with van der Waals surface area (Å²) in [5.74, 6) is 0. The Hall–Kier alpha value is -1.54. The van der Waals surface area contributed by atoms with Gasteiger partial charge in [-0.15, -0.1) is 0 Å². The first-order valence-corrected chi connectivity index (χ1v) is 7.50. The van der Waals surface area contributed by atoms with Gasteiger partial charge in [0.2, 0.25) is 0 Å². The summed E-state index contributed by atoms with van der Waals surface area (Å²) in [6.45, 7) is 0. The maximum Gasteiger partial charge on any atom is 0.0836 e. The molecular weight excluding hydrogens is 303 g/mol. The van der Waals surface area contributed by atoms with E-state index in [4.69, 9.17) is 23.2 Å². The highest BCUT2D eigenvalue weighted by Crippen LogP contribution is 2.31. The predicted octanol–water partition coefficient (Wildman–Crippen LogP) is 5.42. The molecular formula is C18H14Cl2O. The molecule has 0 fully saturated rings. The monoisotopic (exact) mass is 316 g/mol. The van der Waals surface area contributed by atoms with Gasteiger partial charge in [0, 0.05) is 21.9 Å². The minimum Gasteiger partial charge on any atom is -0.388 e. The second-order valence-electron chi connectivity index (χ2n) is 5.03. The van der Waals surface area contributed by atoms with Gasteiger partial charge in [-0.05, 0) is 34.7 Å². The fourth-order valence-electron chi connectivity index (χ4n) is 2.53. The van der Waals surface area contributed by atoms with Crippen LogP contribution in [0.2, 0.25) is 10.0 Å². The Kier molecular flexibility index (Phi) is 4.16. The van der Waals surface area contributed by atoms with Crippen molar-refractivity contribution < 1.29 is 5.11 Å². The van der Waals surface area contributed by atoms with Crippen LogP contribution in [-0.2, 0) is 6.42 Å². The molecule has 0 aliphatic carbocycles. The van der Waals surface area contributed by atoms with Crippen molar-refractivity contribution in [1.82, 2.24) is 0 Å². The van der Waals surface area contributed by atoms with Gasteiger partial charge in [0.05, 0.1) is 6.10 Å². The molecule has 0 saturated heterocycles. The second-order valence-corrected chi connectivity index (χ2v) is 5.87. The zero-order chi connectivity index (χ0) is 14.8. The van der Waals surface area contributed by atoms with Crippen LogP contribution < -0.4 is 0 Å². The van der Waals surface area contributed by atoms with Crippen LogP contribution in [0.5, 0.6) is 0 Å². The van der Waals surface area contributed by atoms with Crippen LogP contribution in [0.25, 0.3) is 10.8 Å². The van der Waals surface area contributed by atoms with Gasteiger partial charge in [0.15, 0.2) is 0 Å². The Morgan fingerprint density at radius 1 is 0.810 bits per heavy atom. The van der Waals surface area contributed by atoms with Crippen molar-refractivity contribution in [1.29, 1.82) is 0 Å². The number of benzene rings is 3. The van der Waals surface area contributed by atoms with Gasteiger partial charge in [-0.2, -0.15) is 0 Å². The van der Waals surface area contributed by atoms with E-state index in [1.54, 1.807) is 0 Å². The van der Waals surface area contributed by atoms with Gasteiger partial charge in [0.1, 0.15) is 0 Å². The van der Waals surface area contributed by atoms with Crippen LogP contribution in [0.4, 0.5) is 0 Å². The minimum absolute atomic E-state index is 0.544. The number of aliphatic hydroxyl groups excluding tert-OH is 1. The summed E-state index contributed by atoms with van der Waals surface area (Å²) >= 11 is 12.1. The lowest BCUT2D eigenvalue weighted by molar-refractivity contribution is 0.180. The number of halogens is 2. The summed E-state index contributed by atoms with van der Waals surface area (Å²) < 4.78 is 0. The highest BCUT2D eigenvalue weighted by molar-refractivity contribution is 6.35. The summed E-state index contributed by atoms with van der Waals surface area (Å²) in [6.07, 6.45) is -0.0312. The van der Waals surface area contributed by atoms with Crippen LogP contribution in [0.15, 0.2) is 60.7 Å². The largest absolute Gasteiger partial charge is 0.388 e. The molecule has 1 unspecified atom stereocenters. The topological polar surface area (TPSA) is 20.2 Å². The van der Waals surface area contributed by atoms with E-state index in [1.807, 2.05) is 60.7 Å². The van der Waals surface area contributed by atoms with Crippen LogP contribution in [0.1, 0.15) is 17.2 Å². The van der Waals surface area contributed by atoms with Crippen molar-refractivity contribution in [2.24, 2.45) is 0 Å². The molecule has 0 saturated carbocycles. The Morgan fingerprint density at radius 3 is 2.19 bits per heavy atom. The lowest BCUT2D eigenvalue weighted by atomic mass is 9.96. The third kappa shape index (κ3) is 3.06. The van der Waals surface area contributed by atoms with Crippen molar-refractivity contribution in [2.75, 3.05) is 0 Å². The molecule has 0 spiro atoms. The number of rotatable bonds is 3. The van der Waals surface area contributed by atoms with Crippen molar-refractivity contribution >= 4 is 34.0 Å². The Balaban J connectivity index is 1.96. The molecule has 0 aliphatic heterocycles. The van der Waals surface area contributed by atoms with Crippen LogP contribution in [0, 0.1) is 0 Å². The summed E-state index contributed by atoms with van der Waals surface area (Å²) in [4.78, 5) is 0. The standard InChI is InChI=1S/C18H14Cl2O/c19-13-7-5-12(6-8-13)11-18(21)16-9-10-17(20)15-4-2-1-3-14(15)16/h1-10,18,21H,11H2. The minimum atomic E-state index is -0.576. The maximum atomic E-state index is 10.6. The normalized spacial score (nSPS) is 12.5. The summed E-state index contributed by atoms with van der Waals surface area (Å²) in [7, 11) is 0. The zero-order valence-electron chi connectivity index (χ0n) is 11.3. The number of hydrogen-bond donors (Lipinski definition) is 1. The molecule has 0 amide bonds. The maximum absolute atomic E-state index is 10.6. The first kappa shape index (κ1) is 14.4. The molecule has 3 aromatic rings. The third-order valence-electron chi connectivity index (χ3n) is 3.61. The second kappa shape index (κ2) is 6.07. The molecule has 1 nitrogen and oxygen atoms in total. The molecule has 3 heteroatoms. The molecule has 1 atom stereocenters. The van der Waals surface area contributed by atoms with Crippen LogP contribution >= 0.6 is 23.2 Å². The van der Waals surface area contributed by atoms with E-state index in [1.165, 1.54) is 0 Å². The van der Waals surface area contributed by atoms with E-state index >= 15 is 0 Å². The van der Waals surface area contributed by atoms with Gasteiger partial charge in [-0.1, -0.05) is 65.7 Å². The third-order valence-corrected chi connectivity index (χ3v) is 4.19. The first-order chi connectivity index (χ1) is 10.1. The fraction of sp³-hybridized carbons (Fsp3) is 0.111. The van der Waals surface area contributed by atoms with E-state index in [-0.39, 0.29) is 0 Å². The molecule has 0 radical (unpaired) electrons. The average Bonchev–Trinajstić information content (AvgIpc) is 2.50. The van der Waals surface area contributed by atoms with Crippen molar-refractivity contribution in [2.45, 2.75) is 12.5 Å². The van der Waals surface area contributed by atoms with Gasteiger partial charge >= 0.3 is 0 Å². The van der Waals surface area contributed by atoms with Gasteiger partial charge in [-0.25, -0.2) is 0 Å². The number of fused-ring (bicyclic) bond motifs is 1. The molecule has 3 aromatic carbocycles. The molecule has 1 N–H and O–H groups in total. The van der Waals surface area contributed by atoms with E-state index in [9.17, 15) is 5.11 Å². The van der Waals surface area contributed by atoms with Crippen molar-refractivity contribution in [3.05, 3.63) is 81.8 Å². The molecule has 0 bridgehead atoms. The van der Waals surface area contributed by atoms with Gasteiger partial charge in [0.25, 0.3) is 0 Å². The Morgan fingerprint density at radius 2 is 1.48 bits per heavy atom. The predicted molar refractivity (Wildman–Crippen MR) is 89.1 cm³/mol. The number of hydrogen-bond acceptors (Lipinski definition) is 1. The molecule has 3 rings (SSSR count). The average molecular weight is 317 g/mol. The van der Waals surface area contributed by atoms with Crippen molar-refractivity contribution in [3.8, 4) is 0 Å². The Bertz CT molecular complexity index is 766. The fourth-order valence-corrected chi connectivity index (χ4v) is 2.88. The van der Waals surface area contributed by atoms with Crippen LogP contribution in [-0.4, -0.2) is 5.11 Å². The van der Waals surface area contributed by atoms with Gasteiger partial charge < -0.3 is 5.11 Å².